The van der Waals surface area contributed by atoms with Gasteiger partial charge < -0.3 is 23.3 Å². The van der Waals surface area contributed by atoms with Gasteiger partial charge in [0.1, 0.15) is 36.4 Å². The molecule has 0 bridgehead atoms. The zero-order valence-corrected chi connectivity index (χ0v) is 23.9. The van der Waals surface area contributed by atoms with Crippen molar-refractivity contribution < 1.29 is 23.3 Å². The molecule has 0 radical (unpaired) electrons. The summed E-state index contributed by atoms with van der Waals surface area (Å²) in [6.45, 7) is 7.40. The van der Waals surface area contributed by atoms with Crippen LogP contribution < -0.4 is 0 Å². The van der Waals surface area contributed by atoms with Gasteiger partial charge in [-0.1, -0.05) is 37.3 Å². The highest BCUT2D eigenvalue weighted by molar-refractivity contribution is 7.45. The van der Waals surface area contributed by atoms with E-state index >= 15 is 0 Å². The molecule has 3 fully saturated rings. The van der Waals surface area contributed by atoms with Crippen LogP contribution in [0.15, 0.2) is 43.0 Å². The molecule has 1 aromatic carbocycles. The van der Waals surface area contributed by atoms with Crippen LogP contribution in [0.5, 0.6) is 0 Å². The van der Waals surface area contributed by atoms with Gasteiger partial charge in [-0.25, -0.2) is 19.6 Å². The molecule has 212 valence electrons. The fourth-order valence-electron chi connectivity index (χ4n) is 6.01. The van der Waals surface area contributed by atoms with Crippen LogP contribution in [0.4, 0.5) is 0 Å². The van der Waals surface area contributed by atoms with E-state index in [2.05, 4.69) is 63.8 Å². The van der Waals surface area contributed by atoms with Gasteiger partial charge in [-0.2, -0.15) is 5.26 Å². The summed E-state index contributed by atoms with van der Waals surface area (Å²) in [6.07, 6.45) is 4.71. The van der Waals surface area contributed by atoms with Crippen LogP contribution in [0.1, 0.15) is 57.0 Å². The molecule has 3 aliphatic heterocycles. The molecule has 0 spiro atoms. The van der Waals surface area contributed by atoms with Crippen LogP contribution in [0.3, 0.4) is 0 Å². The van der Waals surface area contributed by atoms with Gasteiger partial charge in [0.2, 0.25) is 0 Å². The largest absolute Gasteiger partial charge is 0.354 e. The maximum atomic E-state index is 8.88. The van der Waals surface area contributed by atoms with Crippen LogP contribution >= 0.6 is 8.53 Å². The van der Waals surface area contributed by atoms with Crippen molar-refractivity contribution >= 4 is 19.7 Å². The van der Waals surface area contributed by atoms with Crippen molar-refractivity contribution in [1.29, 1.82) is 5.26 Å². The molecule has 3 aliphatic rings. The standard InChI is InChI=1S/C28H35N6O5P/c1-4-21-24(38-40-34-14-8-12-22(34)28(3,39-40)20-10-6-5-7-11-20)25(36-18-35-15-9-13-29)27(37-21)33-17-32-23-19(2)30-16-31-26(23)33/h5-7,10-11,16-17,21-22,24-25,27H,4,8-9,12,14-15,18H2,1-3H3/t21-,22-,24?,25+,27-,28+,40-/m1/s1. The Bertz CT molecular complexity index is 1350. The Kier molecular flexibility index (Phi) is 8.11. The summed E-state index contributed by atoms with van der Waals surface area (Å²) in [5, 5.41) is 8.88. The van der Waals surface area contributed by atoms with Gasteiger partial charge in [-0.05, 0) is 38.7 Å². The predicted molar refractivity (Wildman–Crippen MR) is 147 cm³/mol. The summed E-state index contributed by atoms with van der Waals surface area (Å²) in [5.41, 5.74) is 2.88. The van der Waals surface area contributed by atoms with Gasteiger partial charge in [-0.15, -0.1) is 0 Å². The maximum Gasteiger partial charge on any atom is 0.260 e. The molecule has 12 heteroatoms. The van der Waals surface area contributed by atoms with Crippen molar-refractivity contribution in [3.05, 3.63) is 54.2 Å². The van der Waals surface area contributed by atoms with Crippen LogP contribution in [0.25, 0.3) is 11.2 Å². The van der Waals surface area contributed by atoms with Gasteiger partial charge in [0, 0.05) is 6.54 Å². The van der Waals surface area contributed by atoms with Crippen molar-refractivity contribution in [1.82, 2.24) is 24.2 Å². The zero-order chi connectivity index (χ0) is 27.7. The Morgan fingerprint density at radius 3 is 2.85 bits per heavy atom. The number of imidazole rings is 1. The second-order valence-corrected chi connectivity index (χ2v) is 11.9. The number of fused-ring (bicyclic) bond motifs is 2. The Hall–Kier alpha value is -2.55. The molecule has 1 unspecified atom stereocenters. The minimum atomic E-state index is -1.37. The SMILES string of the molecule is CC[C@H]1O[C@@H](n2cnc3c(C)ncnc32)[C@@H](OCOCCC#N)C1O[P@]1O[C@@](C)(c2ccccc2)[C@H]2CCCN21. The zero-order valence-electron chi connectivity index (χ0n) is 23.0. The topological polar surface area (TPSA) is 117 Å². The van der Waals surface area contributed by atoms with E-state index in [0.29, 0.717) is 18.7 Å². The Labute approximate surface area is 235 Å². The second kappa shape index (κ2) is 11.7. The fraction of sp³-hybridized carbons (Fsp3) is 0.571. The van der Waals surface area contributed by atoms with E-state index < -0.39 is 32.6 Å². The van der Waals surface area contributed by atoms with Crippen molar-refractivity contribution in [3.8, 4) is 6.07 Å². The van der Waals surface area contributed by atoms with Gasteiger partial charge >= 0.3 is 0 Å². The molecule has 11 nitrogen and oxygen atoms in total. The smallest absolute Gasteiger partial charge is 0.260 e. The maximum absolute atomic E-state index is 8.88. The first-order valence-corrected chi connectivity index (χ1v) is 15.0. The molecular weight excluding hydrogens is 531 g/mol. The highest BCUT2D eigenvalue weighted by Crippen LogP contribution is 2.64. The van der Waals surface area contributed by atoms with E-state index in [0.717, 1.165) is 42.6 Å². The monoisotopic (exact) mass is 566 g/mol. The lowest BCUT2D eigenvalue weighted by molar-refractivity contribution is -0.135. The predicted octanol–water partition coefficient (Wildman–Crippen LogP) is 4.74. The molecule has 3 saturated heterocycles. The summed E-state index contributed by atoms with van der Waals surface area (Å²) in [4.78, 5) is 13.3. The number of rotatable bonds is 10. The molecule has 0 N–H and O–H groups in total. The Morgan fingerprint density at radius 2 is 2.05 bits per heavy atom. The number of benzene rings is 1. The number of ether oxygens (including phenoxy) is 3. The van der Waals surface area contributed by atoms with Crippen LogP contribution in [-0.2, 0) is 28.9 Å². The number of aryl methyl sites for hydroxylation is 1. The lowest BCUT2D eigenvalue weighted by atomic mass is 9.87. The molecule has 6 rings (SSSR count). The molecule has 0 amide bonds. The fourth-order valence-corrected chi connectivity index (χ4v) is 8.16. The minimum Gasteiger partial charge on any atom is -0.354 e. The normalized spacial score (nSPS) is 32.0. The average Bonchev–Trinajstić information content (AvgIpc) is 3.74. The number of nitrogens with zero attached hydrogens (tertiary/aromatic N) is 6. The van der Waals surface area contributed by atoms with Crippen molar-refractivity contribution in [2.24, 2.45) is 0 Å². The van der Waals surface area contributed by atoms with E-state index in [4.69, 9.17) is 28.5 Å². The van der Waals surface area contributed by atoms with Crippen LogP contribution in [-0.4, -0.2) is 68.5 Å². The number of hydrogen-bond donors (Lipinski definition) is 0. The number of nitriles is 1. The van der Waals surface area contributed by atoms with Gasteiger partial charge in [0.05, 0.1) is 43.3 Å². The van der Waals surface area contributed by atoms with Crippen molar-refractivity contribution in [2.45, 2.75) is 82.6 Å². The third-order valence-electron chi connectivity index (χ3n) is 8.10. The third-order valence-corrected chi connectivity index (χ3v) is 9.96. The van der Waals surface area contributed by atoms with E-state index in [-0.39, 0.29) is 18.9 Å². The lowest BCUT2D eigenvalue weighted by Crippen LogP contribution is -2.37. The van der Waals surface area contributed by atoms with Gasteiger partial charge in [-0.3, -0.25) is 4.57 Å². The van der Waals surface area contributed by atoms with E-state index in [1.807, 2.05) is 17.6 Å². The van der Waals surface area contributed by atoms with Gasteiger partial charge in [0.25, 0.3) is 8.53 Å². The summed E-state index contributed by atoms with van der Waals surface area (Å²) in [6, 6.07) is 12.8. The van der Waals surface area contributed by atoms with Crippen molar-refractivity contribution in [3.63, 3.8) is 0 Å². The molecule has 3 aromatic rings. The van der Waals surface area contributed by atoms with E-state index in [1.165, 1.54) is 6.33 Å². The molecule has 0 aliphatic carbocycles. The van der Waals surface area contributed by atoms with E-state index in [9.17, 15) is 0 Å². The summed E-state index contributed by atoms with van der Waals surface area (Å²) >= 11 is 0. The van der Waals surface area contributed by atoms with E-state index in [1.54, 1.807) is 6.33 Å². The minimum absolute atomic E-state index is 0.00992. The second-order valence-electron chi connectivity index (χ2n) is 10.5. The summed E-state index contributed by atoms with van der Waals surface area (Å²) in [5.74, 6) is 0. The quantitative estimate of drug-likeness (QED) is 0.194. The summed E-state index contributed by atoms with van der Waals surface area (Å²) < 4.78 is 36.6. The molecular formula is C28H35N6O5P. The van der Waals surface area contributed by atoms with Crippen LogP contribution in [0, 0.1) is 18.3 Å². The van der Waals surface area contributed by atoms with Gasteiger partial charge in [0.15, 0.2) is 11.9 Å². The molecule has 5 heterocycles. The number of aromatic nitrogens is 4. The molecule has 7 atom stereocenters. The first-order chi connectivity index (χ1) is 19.5. The lowest BCUT2D eigenvalue weighted by Gasteiger charge is -2.29. The highest BCUT2D eigenvalue weighted by atomic mass is 31.2. The Morgan fingerprint density at radius 1 is 1.20 bits per heavy atom. The number of hydrogen-bond acceptors (Lipinski definition) is 10. The summed E-state index contributed by atoms with van der Waals surface area (Å²) in [7, 11) is -1.37. The average molecular weight is 567 g/mol. The first kappa shape index (κ1) is 27.6. The highest BCUT2D eigenvalue weighted by Gasteiger charge is 2.57. The molecule has 0 saturated carbocycles. The molecule has 40 heavy (non-hydrogen) atoms. The van der Waals surface area contributed by atoms with Crippen LogP contribution in [0.2, 0.25) is 0 Å². The Balaban J connectivity index is 1.29. The molecule has 2 aromatic heterocycles. The van der Waals surface area contributed by atoms with Crippen molar-refractivity contribution in [2.75, 3.05) is 19.9 Å². The first-order valence-electron chi connectivity index (χ1n) is 13.9. The third kappa shape index (κ3) is 4.92.